The molecule has 4 heteroatoms. The highest BCUT2D eigenvalue weighted by Gasteiger charge is 2.24. The van der Waals surface area contributed by atoms with Gasteiger partial charge in [-0.05, 0) is 10.1 Å². The molecule has 3 nitrogen and oxygen atoms in total. The van der Waals surface area contributed by atoms with Gasteiger partial charge in [0.05, 0.1) is 0 Å². The largest absolute Gasteiger partial charge is 0.383 e. The van der Waals surface area contributed by atoms with Crippen molar-refractivity contribution in [3.63, 3.8) is 0 Å². The van der Waals surface area contributed by atoms with Crippen LogP contribution in [0.2, 0.25) is 0 Å². The van der Waals surface area contributed by atoms with Crippen molar-refractivity contribution >= 4 is 30.6 Å². The van der Waals surface area contributed by atoms with Crippen molar-refractivity contribution in [2.75, 3.05) is 0 Å². The minimum atomic E-state index is -0.830. The summed E-state index contributed by atoms with van der Waals surface area (Å²) in [5.41, 5.74) is 0.917. The number of hydrogen-bond acceptors (Lipinski definition) is 2. The minimum Gasteiger partial charge on any atom is -0.383 e. The molecule has 0 spiro atoms. The van der Waals surface area contributed by atoms with Gasteiger partial charge in [-0.2, -0.15) is 0 Å². The van der Waals surface area contributed by atoms with Crippen molar-refractivity contribution in [1.29, 1.82) is 0 Å². The standard InChI is InChI=1S/C8H8INO2/c11-7-4-5-6(10-8(7)12)2-1-3-9-5/h1-3,7,11H,4H2,(H,10,12). The molecular formula is C8H8INO2. The summed E-state index contributed by atoms with van der Waals surface area (Å²) < 4.78 is 3.35. The number of carbonyl (C=O) groups excluding carboxylic acids is 1. The van der Waals surface area contributed by atoms with E-state index in [1.54, 1.807) is 0 Å². The first-order chi connectivity index (χ1) is 5.77. The summed E-state index contributed by atoms with van der Waals surface area (Å²) >= 11 is -0.100. The first-order valence-electron chi connectivity index (χ1n) is 3.63. The third kappa shape index (κ3) is 1.36. The maximum atomic E-state index is 11.0. The molecule has 64 valence electrons. The fourth-order valence-electron chi connectivity index (χ4n) is 1.14. The van der Waals surface area contributed by atoms with Crippen molar-refractivity contribution in [2.24, 2.45) is 0 Å². The number of carbonyl (C=O) groups is 1. The Morgan fingerprint density at radius 2 is 2.50 bits per heavy atom. The smallest absolute Gasteiger partial charge is 0.253 e. The van der Waals surface area contributed by atoms with Crippen LogP contribution in [0.4, 0.5) is 0 Å². The molecule has 0 saturated carbocycles. The Morgan fingerprint density at radius 3 is 3.33 bits per heavy atom. The molecule has 0 aromatic rings. The molecule has 0 bridgehead atoms. The number of nitrogens with one attached hydrogen (secondary N) is 1. The number of aliphatic hydroxyl groups excluding tert-OH is 1. The number of hydrogen-bond donors (Lipinski definition) is 2. The molecule has 1 amide bonds. The Morgan fingerprint density at radius 1 is 1.67 bits per heavy atom. The van der Waals surface area contributed by atoms with Crippen LogP contribution in [0.1, 0.15) is 6.42 Å². The highest BCUT2D eigenvalue weighted by atomic mass is 127. The van der Waals surface area contributed by atoms with Crippen LogP contribution in [0.15, 0.2) is 21.4 Å². The van der Waals surface area contributed by atoms with Gasteiger partial charge in [0.15, 0.2) is 0 Å². The zero-order chi connectivity index (χ0) is 8.55. The normalized spacial score (nSPS) is 27.8. The Bertz CT molecular complexity index is 317. The second kappa shape index (κ2) is 3.10. The van der Waals surface area contributed by atoms with Gasteiger partial charge in [-0.25, -0.2) is 0 Å². The topological polar surface area (TPSA) is 49.3 Å². The molecule has 0 aromatic heterocycles. The molecule has 1 atom stereocenters. The molecule has 2 heterocycles. The lowest BCUT2D eigenvalue weighted by atomic mass is 10.1. The van der Waals surface area contributed by atoms with Gasteiger partial charge in [0.1, 0.15) is 6.10 Å². The number of halogens is 1. The maximum absolute atomic E-state index is 11.0. The van der Waals surface area contributed by atoms with Crippen LogP contribution in [0, 0.1) is 0 Å². The van der Waals surface area contributed by atoms with Gasteiger partial charge in [-0.3, -0.25) is 4.79 Å². The van der Waals surface area contributed by atoms with Crippen LogP contribution in [0.25, 0.3) is 0 Å². The summed E-state index contributed by atoms with van der Waals surface area (Å²) in [6.07, 6.45) is 3.55. The van der Waals surface area contributed by atoms with Crippen LogP contribution in [0.3, 0.4) is 0 Å². The van der Waals surface area contributed by atoms with Crippen molar-refractivity contribution < 1.29 is 9.90 Å². The third-order valence-electron chi connectivity index (χ3n) is 1.76. The zero-order valence-corrected chi connectivity index (χ0v) is 8.41. The number of rotatable bonds is 0. The summed E-state index contributed by atoms with van der Waals surface area (Å²) in [4.78, 5) is 11.0. The third-order valence-corrected chi connectivity index (χ3v) is 4.30. The van der Waals surface area contributed by atoms with Gasteiger partial charge < -0.3 is 10.4 Å². The summed E-state index contributed by atoms with van der Waals surface area (Å²) in [7, 11) is 0. The van der Waals surface area contributed by atoms with Gasteiger partial charge in [0.2, 0.25) is 0 Å². The average Bonchev–Trinajstić information content (AvgIpc) is 2.07. The summed E-state index contributed by atoms with van der Waals surface area (Å²) in [5.74, 6) is -0.274. The molecule has 0 saturated heterocycles. The highest BCUT2D eigenvalue weighted by molar-refractivity contribution is 14.2. The Balaban J connectivity index is 2.34. The predicted molar refractivity (Wildman–Crippen MR) is 55.0 cm³/mol. The molecule has 0 fully saturated rings. The van der Waals surface area contributed by atoms with Gasteiger partial charge in [0, 0.05) is 15.7 Å². The Kier molecular flexibility index (Phi) is 2.10. The number of allylic oxidation sites excluding steroid dienone is 2. The fourth-order valence-corrected chi connectivity index (χ4v) is 3.31. The minimum absolute atomic E-state index is 0.100. The zero-order valence-electron chi connectivity index (χ0n) is 6.25. The molecule has 1 unspecified atom stereocenters. The van der Waals surface area contributed by atoms with Crippen molar-refractivity contribution in [1.82, 2.24) is 5.32 Å². The first-order valence-corrected chi connectivity index (χ1v) is 5.95. The monoisotopic (exact) mass is 277 g/mol. The molecule has 0 aromatic carbocycles. The fraction of sp³-hybridized carbons (Fsp3) is 0.250. The molecule has 0 aliphatic carbocycles. The van der Waals surface area contributed by atoms with Crippen LogP contribution in [0.5, 0.6) is 0 Å². The van der Waals surface area contributed by atoms with Crippen LogP contribution in [-0.2, 0) is 4.79 Å². The second-order valence-electron chi connectivity index (χ2n) is 2.62. The van der Waals surface area contributed by atoms with E-state index in [2.05, 4.69) is 9.33 Å². The molecule has 2 N–H and O–H groups in total. The Labute approximate surface area is 79.9 Å². The number of aliphatic hydroxyl groups is 1. The van der Waals surface area contributed by atoms with Crippen molar-refractivity contribution in [2.45, 2.75) is 12.5 Å². The molecular weight excluding hydrogens is 269 g/mol. The average molecular weight is 277 g/mol. The van der Waals surface area contributed by atoms with Gasteiger partial charge >= 0.3 is 0 Å². The quantitative estimate of drug-likeness (QED) is 0.630. The molecule has 2 aliphatic heterocycles. The Hall–Kier alpha value is -0.490. The van der Waals surface area contributed by atoms with Gasteiger partial charge in [-0.15, -0.1) is 0 Å². The van der Waals surface area contributed by atoms with Crippen molar-refractivity contribution in [3.05, 3.63) is 21.4 Å². The van der Waals surface area contributed by atoms with E-state index in [1.807, 2.05) is 12.2 Å². The molecule has 2 aliphatic rings. The van der Waals surface area contributed by atoms with E-state index < -0.39 is 6.10 Å². The van der Waals surface area contributed by atoms with Gasteiger partial charge in [-0.1, -0.05) is 26.8 Å². The maximum Gasteiger partial charge on any atom is 0.253 e. The molecule has 0 radical (unpaired) electrons. The van der Waals surface area contributed by atoms with E-state index in [1.165, 1.54) is 3.58 Å². The van der Waals surface area contributed by atoms with Crippen LogP contribution >= 0.6 is 20.7 Å². The molecule has 12 heavy (non-hydrogen) atoms. The predicted octanol–water partition coefficient (Wildman–Crippen LogP) is 0.421. The molecule has 2 rings (SSSR count). The summed E-state index contributed by atoms with van der Waals surface area (Å²) in [5, 5.41) is 11.9. The van der Waals surface area contributed by atoms with E-state index in [4.69, 9.17) is 0 Å². The summed E-state index contributed by atoms with van der Waals surface area (Å²) in [6, 6.07) is 0. The van der Waals surface area contributed by atoms with E-state index in [0.29, 0.717) is 6.42 Å². The lowest BCUT2D eigenvalue weighted by Gasteiger charge is -2.21. The van der Waals surface area contributed by atoms with Crippen molar-refractivity contribution in [3.8, 4) is 0 Å². The lowest BCUT2D eigenvalue weighted by molar-refractivity contribution is -0.128. The SMILES string of the molecule is O=C1NC2=C(CC1O)I=CC=C2. The first kappa shape index (κ1) is 8.12. The van der Waals surface area contributed by atoms with E-state index in [0.717, 1.165) is 5.70 Å². The van der Waals surface area contributed by atoms with Crippen LogP contribution in [-0.4, -0.2) is 21.1 Å². The second-order valence-corrected chi connectivity index (χ2v) is 5.27. The highest BCUT2D eigenvalue weighted by Crippen LogP contribution is 2.29. The van der Waals surface area contributed by atoms with E-state index >= 15 is 0 Å². The van der Waals surface area contributed by atoms with Crippen LogP contribution < -0.4 is 5.32 Å². The van der Waals surface area contributed by atoms with E-state index in [9.17, 15) is 9.90 Å². The van der Waals surface area contributed by atoms with E-state index in [-0.39, 0.29) is 26.6 Å². The lowest BCUT2D eigenvalue weighted by Crippen LogP contribution is -2.38. The summed E-state index contributed by atoms with van der Waals surface area (Å²) in [6.45, 7) is 0. The number of amides is 1. The van der Waals surface area contributed by atoms with Gasteiger partial charge in [0.25, 0.3) is 5.91 Å².